The van der Waals surface area contributed by atoms with Gasteiger partial charge in [0, 0.05) is 23.3 Å². The first-order chi connectivity index (χ1) is 9.16. The minimum atomic E-state index is -0.417. The van der Waals surface area contributed by atoms with Crippen LogP contribution in [0.15, 0.2) is 28.4 Å². The number of hydrogen-bond donors (Lipinski definition) is 1. The molecule has 0 radical (unpaired) electrons. The Kier molecular flexibility index (Phi) is 4.90. The Balaban J connectivity index is 1.95. The summed E-state index contributed by atoms with van der Waals surface area (Å²) in [4.78, 5) is 14.6. The van der Waals surface area contributed by atoms with E-state index in [4.69, 9.17) is 0 Å². The fourth-order valence-corrected chi connectivity index (χ4v) is 2.50. The van der Waals surface area contributed by atoms with Crippen molar-refractivity contribution in [3.8, 4) is 0 Å². The van der Waals surface area contributed by atoms with E-state index < -0.39 is 4.92 Å². The lowest BCUT2D eigenvalue weighted by atomic mass is 9.97. The van der Waals surface area contributed by atoms with Gasteiger partial charge in [-0.25, -0.2) is 4.98 Å². The molecular formula is C13H16BrN3O2. The van der Waals surface area contributed by atoms with Gasteiger partial charge in [0.2, 0.25) is 5.82 Å². The van der Waals surface area contributed by atoms with Gasteiger partial charge in [-0.05, 0) is 48.0 Å². The summed E-state index contributed by atoms with van der Waals surface area (Å²) < 4.78 is 0.611. The zero-order valence-corrected chi connectivity index (χ0v) is 12.1. The molecule has 0 bridgehead atoms. The van der Waals surface area contributed by atoms with Gasteiger partial charge in [0.05, 0.1) is 4.92 Å². The normalized spacial score (nSPS) is 14.9. The van der Waals surface area contributed by atoms with Gasteiger partial charge in [-0.2, -0.15) is 0 Å². The molecule has 0 aromatic carbocycles. The number of pyridine rings is 1. The van der Waals surface area contributed by atoms with E-state index in [0.717, 1.165) is 19.3 Å². The monoisotopic (exact) mass is 325 g/mol. The van der Waals surface area contributed by atoms with E-state index in [1.54, 1.807) is 6.20 Å². The molecule has 0 amide bonds. The molecule has 0 atom stereocenters. The van der Waals surface area contributed by atoms with Crippen molar-refractivity contribution in [1.82, 2.24) is 4.98 Å². The van der Waals surface area contributed by atoms with E-state index in [1.165, 1.54) is 24.5 Å². The molecule has 0 unspecified atom stereocenters. The van der Waals surface area contributed by atoms with Gasteiger partial charge in [-0.1, -0.05) is 11.6 Å². The van der Waals surface area contributed by atoms with Crippen molar-refractivity contribution in [1.29, 1.82) is 0 Å². The number of aromatic nitrogens is 1. The third kappa shape index (κ3) is 4.02. The second kappa shape index (κ2) is 6.65. The Labute approximate surface area is 120 Å². The third-order valence-corrected chi connectivity index (χ3v) is 3.59. The Morgan fingerprint density at radius 1 is 1.47 bits per heavy atom. The summed E-state index contributed by atoms with van der Waals surface area (Å²) in [5.74, 6) is 0.338. The molecule has 19 heavy (non-hydrogen) atoms. The average molecular weight is 326 g/mol. The summed E-state index contributed by atoms with van der Waals surface area (Å²) in [6.45, 7) is 0.682. The molecule has 102 valence electrons. The molecule has 1 aliphatic carbocycles. The molecule has 1 aromatic heterocycles. The van der Waals surface area contributed by atoms with E-state index in [0.29, 0.717) is 16.8 Å². The topological polar surface area (TPSA) is 68.1 Å². The van der Waals surface area contributed by atoms with Gasteiger partial charge in [0.25, 0.3) is 0 Å². The number of hydrogen-bond acceptors (Lipinski definition) is 4. The fraction of sp³-hybridized carbons (Fsp3) is 0.462. The quantitative estimate of drug-likeness (QED) is 0.503. The molecule has 0 fully saturated rings. The summed E-state index contributed by atoms with van der Waals surface area (Å²) in [7, 11) is 0. The van der Waals surface area contributed by atoms with Crippen LogP contribution in [0, 0.1) is 10.1 Å². The zero-order valence-electron chi connectivity index (χ0n) is 10.6. The SMILES string of the molecule is O=[N+]([O-])c1cc(Br)cnc1NCCC1=CCCCC1. The highest BCUT2D eigenvalue weighted by molar-refractivity contribution is 9.10. The van der Waals surface area contributed by atoms with Gasteiger partial charge in [0.15, 0.2) is 0 Å². The van der Waals surface area contributed by atoms with Crippen molar-refractivity contribution in [3.05, 3.63) is 38.5 Å². The van der Waals surface area contributed by atoms with Crippen LogP contribution in [0.3, 0.4) is 0 Å². The van der Waals surface area contributed by atoms with Gasteiger partial charge in [0.1, 0.15) is 0 Å². The second-order valence-electron chi connectivity index (χ2n) is 4.56. The predicted octanol–water partition coefficient (Wildman–Crippen LogP) is 4.05. The Morgan fingerprint density at radius 3 is 3.00 bits per heavy atom. The molecule has 5 nitrogen and oxygen atoms in total. The van der Waals surface area contributed by atoms with Crippen molar-refractivity contribution in [2.75, 3.05) is 11.9 Å². The van der Waals surface area contributed by atoms with Crippen LogP contribution in [0.25, 0.3) is 0 Å². The summed E-state index contributed by atoms with van der Waals surface area (Å²) in [6, 6.07) is 1.47. The highest BCUT2D eigenvalue weighted by Crippen LogP contribution is 2.26. The van der Waals surface area contributed by atoms with Crippen LogP contribution in [0.2, 0.25) is 0 Å². The van der Waals surface area contributed by atoms with E-state index in [-0.39, 0.29) is 5.69 Å². The lowest BCUT2D eigenvalue weighted by Gasteiger charge is -2.13. The standard InChI is InChI=1S/C13H16BrN3O2/c14-11-8-12(17(18)19)13(16-9-11)15-7-6-10-4-2-1-3-5-10/h4,8-9H,1-3,5-7H2,(H,15,16). The number of halogens is 1. The summed E-state index contributed by atoms with van der Waals surface area (Å²) >= 11 is 3.19. The van der Waals surface area contributed by atoms with Crippen LogP contribution in [0.5, 0.6) is 0 Å². The third-order valence-electron chi connectivity index (χ3n) is 3.15. The first-order valence-electron chi connectivity index (χ1n) is 6.38. The maximum atomic E-state index is 10.9. The molecule has 2 rings (SSSR count). The van der Waals surface area contributed by atoms with Crippen LogP contribution in [0.4, 0.5) is 11.5 Å². The van der Waals surface area contributed by atoms with E-state index in [2.05, 4.69) is 32.3 Å². The zero-order chi connectivity index (χ0) is 13.7. The number of nitrogens with zero attached hydrogens (tertiary/aromatic N) is 2. The predicted molar refractivity (Wildman–Crippen MR) is 78.2 cm³/mol. The molecule has 6 heteroatoms. The van der Waals surface area contributed by atoms with Crippen molar-refractivity contribution in [2.24, 2.45) is 0 Å². The highest BCUT2D eigenvalue weighted by atomic mass is 79.9. The lowest BCUT2D eigenvalue weighted by Crippen LogP contribution is -2.07. The minimum Gasteiger partial charge on any atom is -0.364 e. The smallest absolute Gasteiger partial charge is 0.312 e. The van der Waals surface area contributed by atoms with Gasteiger partial charge in [-0.3, -0.25) is 10.1 Å². The first kappa shape index (κ1) is 14.0. The number of rotatable bonds is 5. The Hall–Kier alpha value is -1.43. The summed E-state index contributed by atoms with van der Waals surface area (Å²) in [5, 5.41) is 14.0. The average Bonchev–Trinajstić information content (AvgIpc) is 2.41. The minimum absolute atomic E-state index is 0.00648. The van der Waals surface area contributed by atoms with Gasteiger partial charge >= 0.3 is 5.69 Å². The van der Waals surface area contributed by atoms with Crippen molar-refractivity contribution >= 4 is 27.4 Å². The number of nitrogens with one attached hydrogen (secondary N) is 1. The van der Waals surface area contributed by atoms with E-state index >= 15 is 0 Å². The Morgan fingerprint density at radius 2 is 2.32 bits per heavy atom. The van der Waals surface area contributed by atoms with Crippen LogP contribution in [0.1, 0.15) is 32.1 Å². The Bertz CT molecular complexity index is 503. The number of anilines is 1. The molecule has 1 aliphatic rings. The van der Waals surface area contributed by atoms with Gasteiger partial charge in [-0.15, -0.1) is 0 Å². The molecule has 0 saturated carbocycles. The summed E-state index contributed by atoms with van der Waals surface area (Å²) in [6.07, 6.45) is 9.61. The molecule has 1 aromatic rings. The fourth-order valence-electron chi connectivity index (χ4n) is 2.18. The number of allylic oxidation sites excluding steroid dienone is 1. The molecule has 0 aliphatic heterocycles. The largest absolute Gasteiger partial charge is 0.364 e. The van der Waals surface area contributed by atoms with Gasteiger partial charge < -0.3 is 5.32 Å². The highest BCUT2D eigenvalue weighted by Gasteiger charge is 2.15. The molecule has 1 N–H and O–H groups in total. The molecule has 0 spiro atoms. The first-order valence-corrected chi connectivity index (χ1v) is 7.18. The summed E-state index contributed by atoms with van der Waals surface area (Å²) in [5.41, 5.74) is 1.45. The van der Waals surface area contributed by atoms with Crippen LogP contribution in [-0.2, 0) is 0 Å². The van der Waals surface area contributed by atoms with Crippen LogP contribution >= 0.6 is 15.9 Å². The number of nitro groups is 1. The lowest BCUT2D eigenvalue weighted by molar-refractivity contribution is -0.384. The van der Waals surface area contributed by atoms with Crippen molar-refractivity contribution in [3.63, 3.8) is 0 Å². The van der Waals surface area contributed by atoms with Crippen LogP contribution in [-0.4, -0.2) is 16.5 Å². The van der Waals surface area contributed by atoms with Crippen molar-refractivity contribution in [2.45, 2.75) is 32.1 Å². The molecule has 0 saturated heterocycles. The maximum absolute atomic E-state index is 10.9. The van der Waals surface area contributed by atoms with Crippen molar-refractivity contribution < 1.29 is 4.92 Å². The second-order valence-corrected chi connectivity index (χ2v) is 5.48. The maximum Gasteiger partial charge on any atom is 0.312 e. The molecule has 1 heterocycles. The van der Waals surface area contributed by atoms with E-state index in [1.807, 2.05) is 0 Å². The van der Waals surface area contributed by atoms with E-state index in [9.17, 15) is 10.1 Å². The molecular weight excluding hydrogens is 310 g/mol. The van der Waals surface area contributed by atoms with Crippen LogP contribution < -0.4 is 5.32 Å².